The van der Waals surface area contributed by atoms with Gasteiger partial charge in [0.15, 0.2) is 0 Å². The number of aliphatic carboxylic acids is 1. The van der Waals surface area contributed by atoms with Crippen LogP contribution in [-0.4, -0.2) is 22.0 Å². The molecule has 0 aliphatic heterocycles. The molecule has 2 aromatic heterocycles. The van der Waals surface area contributed by atoms with E-state index in [0.29, 0.717) is 5.56 Å². The van der Waals surface area contributed by atoms with Crippen LogP contribution in [0.1, 0.15) is 5.56 Å². The van der Waals surface area contributed by atoms with Gasteiger partial charge in [0.1, 0.15) is 5.76 Å². The molecule has 2 rings (SSSR count). The van der Waals surface area contributed by atoms with Gasteiger partial charge in [-0.3, -0.25) is 4.79 Å². The zero-order valence-electron chi connectivity index (χ0n) is 8.99. The van der Waals surface area contributed by atoms with Crippen LogP contribution in [0.4, 0.5) is 0 Å². The van der Waals surface area contributed by atoms with Gasteiger partial charge in [-0.2, -0.15) is 11.3 Å². The van der Waals surface area contributed by atoms with E-state index in [2.05, 4.69) is 0 Å². The summed E-state index contributed by atoms with van der Waals surface area (Å²) in [5.74, 6) is -3.06. The van der Waals surface area contributed by atoms with Gasteiger partial charge < -0.3 is 10.2 Å². The fourth-order valence-corrected chi connectivity index (χ4v) is 3.05. The highest BCUT2D eigenvalue weighted by atomic mass is 32.1. The van der Waals surface area contributed by atoms with Crippen molar-refractivity contribution >= 4 is 40.2 Å². The lowest BCUT2D eigenvalue weighted by Gasteiger charge is -2.00. The first-order valence-electron chi connectivity index (χ1n) is 4.88. The molecule has 0 saturated carbocycles. The zero-order chi connectivity index (χ0) is 13.1. The summed E-state index contributed by atoms with van der Waals surface area (Å²) >= 11 is 2.88. The largest absolute Gasteiger partial charge is 0.507 e. The Hall–Kier alpha value is -1.92. The molecule has 92 valence electrons. The minimum atomic E-state index is -1.59. The Morgan fingerprint density at radius 2 is 2.00 bits per heavy atom. The number of carbonyl (C=O) groups is 2. The maximum Gasteiger partial charge on any atom is 0.376 e. The van der Waals surface area contributed by atoms with Gasteiger partial charge in [-0.25, -0.2) is 4.79 Å². The Morgan fingerprint density at radius 3 is 2.61 bits per heavy atom. The van der Waals surface area contributed by atoms with Crippen molar-refractivity contribution in [3.63, 3.8) is 0 Å². The molecule has 0 aliphatic rings. The van der Waals surface area contributed by atoms with Crippen LogP contribution in [-0.2, 0) is 9.59 Å². The van der Waals surface area contributed by atoms with Crippen LogP contribution >= 0.6 is 22.7 Å². The minimum Gasteiger partial charge on any atom is -0.507 e. The second-order valence-corrected chi connectivity index (χ2v) is 5.07. The normalized spacial score (nSPS) is 11.4. The van der Waals surface area contributed by atoms with Crippen molar-refractivity contribution in [2.24, 2.45) is 0 Å². The molecule has 0 aliphatic carbocycles. The topological polar surface area (TPSA) is 74.6 Å². The number of hydrogen-bond donors (Lipinski definition) is 2. The quantitative estimate of drug-likeness (QED) is 0.513. The van der Waals surface area contributed by atoms with E-state index in [9.17, 15) is 14.7 Å². The number of thiophene rings is 2. The zero-order valence-corrected chi connectivity index (χ0v) is 10.6. The second kappa shape index (κ2) is 5.16. The Kier molecular flexibility index (Phi) is 3.59. The maximum absolute atomic E-state index is 11.0. The molecule has 0 radical (unpaired) electrons. The average Bonchev–Trinajstić information content (AvgIpc) is 2.99. The van der Waals surface area contributed by atoms with Gasteiger partial charge in [-0.15, -0.1) is 11.3 Å². The predicted octanol–water partition coefficient (Wildman–Crippen LogP) is 3.03. The third-order valence-electron chi connectivity index (χ3n) is 2.20. The summed E-state index contributed by atoms with van der Waals surface area (Å²) in [5.41, 5.74) is 1.26. The number of ketones is 1. The van der Waals surface area contributed by atoms with Crippen molar-refractivity contribution < 1.29 is 19.8 Å². The molecular weight excluding hydrogens is 272 g/mol. The summed E-state index contributed by atoms with van der Waals surface area (Å²) in [7, 11) is 0. The Morgan fingerprint density at radius 1 is 1.22 bits per heavy atom. The van der Waals surface area contributed by atoms with Gasteiger partial charge in [0, 0.05) is 32.8 Å². The van der Waals surface area contributed by atoms with E-state index in [-0.39, 0.29) is 5.76 Å². The molecule has 18 heavy (non-hydrogen) atoms. The summed E-state index contributed by atoms with van der Waals surface area (Å²) < 4.78 is 0. The molecule has 6 heteroatoms. The van der Waals surface area contributed by atoms with Gasteiger partial charge in [-0.1, -0.05) is 6.07 Å². The van der Waals surface area contributed by atoms with Crippen LogP contribution in [0.25, 0.3) is 16.2 Å². The number of hydrogen-bond acceptors (Lipinski definition) is 5. The number of carboxylic acids is 1. The third-order valence-corrected chi connectivity index (χ3v) is 3.85. The van der Waals surface area contributed by atoms with Crippen molar-refractivity contribution in [3.05, 3.63) is 39.9 Å². The van der Waals surface area contributed by atoms with Crippen LogP contribution in [0.2, 0.25) is 0 Å². The number of carboxylic acid groups (broad SMARTS) is 1. The Bertz CT molecular complexity index is 608. The molecule has 0 atom stereocenters. The van der Waals surface area contributed by atoms with E-state index in [1.165, 1.54) is 22.7 Å². The molecule has 4 nitrogen and oxygen atoms in total. The summed E-state index contributed by atoms with van der Waals surface area (Å²) in [6.45, 7) is 0. The van der Waals surface area contributed by atoms with Crippen molar-refractivity contribution in [2.75, 3.05) is 0 Å². The fourth-order valence-electron chi connectivity index (χ4n) is 1.38. The van der Waals surface area contributed by atoms with Crippen molar-refractivity contribution in [1.29, 1.82) is 0 Å². The van der Waals surface area contributed by atoms with Crippen molar-refractivity contribution in [2.45, 2.75) is 0 Å². The number of aliphatic hydroxyl groups excluding tert-OH is 1. The summed E-state index contributed by atoms with van der Waals surface area (Å²) in [6, 6.07) is 3.77. The summed E-state index contributed by atoms with van der Waals surface area (Å²) in [4.78, 5) is 22.4. The molecule has 0 aromatic carbocycles. The average molecular weight is 280 g/mol. The van der Waals surface area contributed by atoms with E-state index in [4.69, 9.17) is 5.11 Å². The molecule has 2 heterocycles. The van der Waals surface area contributed by atoms with E-state index in [1.807, 2.05) is 22.9 Å². The Balaban J connectivity index is 2.38. The molecule has 0 amide bonds. The van der Waals surface area contributed by atoms with Gasteiger partial charge in [-0.05, 0) is 11.4 Å². The first kappa shape index (κ1) is 12.5. The van der Waals surface area contributed by atoms with Gasteiger partial charge in [0.2, 0.25) is 0 Å². The van der Waals surface area contributed by atoms with Crippen LogP contribution < -0.4 is 0 Å². The molecular formula is C12H8O4S2. The number of carbonyl (C=O) groups excluding carboxylic acids is 1. The molecule has 0 saturated heterocycles. The van der Waals surface area contributed by atoms with Crippen molar-refractivity contribution in [1.82, 2.24) is 0 Å². The molecule has 2 aromatic rings. The maximum atomic E-state index is 11.0. The lowest BCUT2D eigenvalue weighted by molar-refractivity contribution is -0.146. The molecule has 2 N–H and O–H groups in total. The third kappa shape index (κ3) is 2.49. The van der Waals surface area contributed by atoms with E-state index >= 15 is 0 Å². The molecule has 0 spiro atoms. The van der Waals surface area contributed by atoms with Gasteiger partial charge in [0.25, 0.3) is 5.78 Å². The minimum absolute atomic E-state index is 0.327. The summed E-state index contributed by atoms with van der Waals surface area (Å²) in [5, 5.41) is 23.7. The number of aliphatic hydroxyl groups is 1. The Labute approximate surface area is 110 Å². The molecule has 0 fully saturated rings. The highest BCUT2D eigenvalue weighted by Crippen LogP contribution is 2.34. The van der Waals surface area contributed by atoms with Crippen LogP contribution in [0.15, 0.2) is 34.3 Å². The lowest BCUT2D eigenvalue weighted by atomic mass is 10.1. The van der Waals surface area contributed by atoms with E-state index in [0.717, 1.165) is 16.5 Å². The lowest BCUT2D eigenvalue weighted by Crippen LogP contribution is -2.09. The highest BCUT2D eigenvalue weighted by Gasteiger charge is 2.15. The standard InChI is InChI=1S/C12H8O4S2/c13-9(4-10(14)12(15)16)7-5-17-6-8(7)11-2-1-3-18-11/h1-6,13H,(H,15,16). The van der Waals surface area contributed by atoms with Crippen LogP contribution in [0.3, 0.4) is 0 Å². The van der Waals surface area contributed by atoms with Crippen LogP contribution in [0.5, 0.6) is 0 Å². The van der Waals surface area contributed by atoms with E-state index < -0.39 is 11.8 Å². The second-order valence-electron chi connectivity index (χ2n) is 3.38. The monoisotopic (exact) mass is 280 g/mol. The molecule has 0 bridgehead atoms. The molecule has 0 unspecified atom stereocenters. The van der Waals surface area contributed by atoms with Crippen molar-refractivity contribution in [3.8, 4) is 10.4 Å². The van der Waals surface area contributed by atoms with Gasteiger partial charge in [0.05, 0.1) is 0 Å². The van der Waals surface area contributed by atoms with Gasteiger partial charge >= 0.3 is 5.97 Å². The summed E-state index contributed by atoms with van der Waals surface area (Å²) in [6.07, 6.45) is 0.724. The first-order chi connectivity index (χ1) is 8.59. The number of rotatable bonds is 4. The van der Waals surface area contributed by atoms with Crippen LogP contribution in [0, 0.1) is 0 Å². The smallest absolute Gasteiger partial charge is 0.376 e. The van der Waals surface area contributed by atoms with E-state index in [1.54, 1.807) is 5.38 Å². The first-order valence-corrected chi connectivity index (χ1v) is 6.70. The SMILES string of the molecule is O=C(O)C(=O)C=C(O)c1cscc1-c1cccs1. The fraction of sp³-hybridized carbons (Fsp3) is 0. The highest BCUT2D eigenvalue weighted by molar-refractivity contribution is 7.14. The predicted molar refractivity (Wildman–Crippen MR) is 70.9 cm³/mol.